The summed E-state index contributed by atoms with van der Waals surface area (Å²) in [5.41, 5.74) is 1.46. The van der Waals surface area contributed by atoms with Crippen LogP contribution in [0.5, 0.6) is 0 Å². The fourth-order valence-electron chi connectivity index (χ4n) is 2.51. The monoisotopic (exact) mass is 342 g/mol. The molecule has 9 heteroatoms. The van der Waals surface area contributed by atoms with Gasteiger partial charge in [-0.15, -0.1) is 0 Å². The molecular weight excluding hydrogens is 328 g/mol. The zero-order valence-electron chi connectivity index (χ0n) is 13.3. The first-order valence-corrected chi connectivity index (χ1v) is 7.41. The van der Waals surface area contributed by atoms with E-state index < -0.39 is 4.92 Å². The lowest BCUT2D eigenvalue weighted by atomic mass is 10.1. The van der Waals surface area contributed by atoms with Crippen LogP contribution in [0.1, 0.15) is 6.42 Å². The van der Waals surface area contributed by atoms with E-state index in [0.29, 0.717) is 12.2 Å². The van der Waals surface area contributed by atoms with Crippen molar-refractivity contribution in [3.63, 3.8) is 0 Å². The molecule has 0 N–H and O–H groups in total. The van der Waals surface area contributed by atoms with Gasteiger partial charge in [0.05, 0.1) is 24.1 Å². The van der Waals surface area contributed by atoms with Gasteiger partial charge in [0.25, 0.3) is 0 Å². The molecule has 0 fully saturated rings. The number of hydrogen-bond acceptors (Lipinski definition) is 8. The number of para-hydroxylation sites is 1. The third-order valence-electron chi connectivity index (χ3n) is 3.70. The molecule has 25 heavy (non-hydrogen) atoms. The van der Waals surface area contributed by atoms with Crippen LogP contribution < -0.4 is 4.90 Å². The molecule has 0 radical (unpaired) electrons. The van der Waals surface area contributed by atoms with E-state index in [1.165, 1.54) is 13.2 Å². The van der Waals surface area contributed by atoms with Gasteiger partial charge < -0.3 is 9.64 Å². The van der Waals surface area contributed by atoms with Crippen LogP contribution >= 0.6 is 0 Å². The van der Waals surface area contributed by atoms with Gasteiger partial charge >= 0.3 is 11.7 Å². The van der Waals surface area contributed by atoms with E-state index in [4.69, 9.17) is 9.37 Å². The van der Waals surface area contributed by atoms with Crippen LogP contribution in [0.2, 0.25) is 0 Å². The summed E-state index contributed by atoms with van der Waals surface area (Å²) < 4.78 is 9.40. The standard InChI is InChI=1S/C16H14N4O5/c1-24-14(21)9-10-19(11-5-3-2-4-6-11)12-7-8-13(20(22)23)16-15(12)17-25-18-16/h2-8H,9-10H2,1H3. The van der Waals surface area contributed by atoms with E-state index >= 15 is 0 Å². The highest BCUT2D eigenvalue weighted by atomic mass is 16.6. The van der Waals surface area contributed by atoms with E-state index in [9.17, 15) is 14.9 Å². The number of benzene rings is 2. The number of nitro benzene ring substituents is 1. The number of carbonyl (C=O) groups is 1. The minimum absolute atomic E-state index is 0.0569. The Balaban J connectivity index is 2.08. The molecule has 0 aliphatic carbocycles. The number of esters is 1. The quantitative estimate of drug-likeness (QED) is 0.382. The van der Waals surface area contributed by atoms with Gasteiger partial charge in [-0.05, 0) is 28.5 Å². The summed E-state index contributed by atoms with van der Waals surface area (Å²) in [7, 11) is 1.32. The average Bonchev–Trinajstić information content (AvgIpc) is 3.12. The van der Waals surface area contributed by atoms with Crippen LogP contribution in [0, 0.1) is 10.1 Å². The smallest absolute Gasteiger partial charge is 0.307 e. The van der Waals surface area contributed by atoms with Crippen molar-refractivity contribution in [2.75, 3.05) is 18.6 Å². The Morgan fingerprint density at radius 2 is 1.92 bits per heavy atom. The molecule has 0 spiro atoms. The summed E-state index contributed by atoms with van der Waals surface area (Å²) in [6.45, 7) is 0.302. The lowest BCUT2D eigenvalue weighted by molar-refractivity contribution is -0.383. The van der Waals surface area contributed by atoms with E-state index in [1.54, 1.807) is 6.07 Å². The molecular formula is C16H14N4O5. The van der Waals surface area contributed by atoms with Crippen LogP contribution in [-0.2, 0) is 9.53 Å². The summed E-state index contributed by atoms with van der Waals surface area (Å²) in [4.78, 5) is 24.0. The maximum absolute atomic E-state index is 11.6. The predicted octanol–water partition coefficient (Wildman–Crippen LogP) is 2.83. The molecule has 0 bridgehead atoms. The van der Waals surface area contributed by atoms with E-state index in [2.05, 4.69) is 10.3 Å². The summed E-state index contributed by atoms with van der Waals surface area (Å²) >= 11 is 0. The topological polar surface area (TPSA) is 112 Å². The van der Waals surface area contributed by atoms with Gasteiger partial charge in [-0.2, -0.15) is 0 Å². The number of aromatic nitrogens is 2. The van der Waals surface area contributed by atoms with Crippen molar-refractivity contribution in [2.45, 2.75) is 6.42 Å². The molecule has 0 saturated carbocycles. The first kappa shape index (κ1) is 16.4. The minimum atomic E-state index is -0.544. The molecule has 1 heterocycles. The van der Waals surface area contributed by atoms with Crippen molar-refractivity contribution in [2.24, 2.45) is 0 Å². The number of non-ortho nitro benzene ring substituents is 1. The third kappa shape index (κ3) is 3.25. The second-order valence-corrected chi connectivity index (χ2v) is 5.14. The minimum Gasteiger partial charge on any atom is -0.469 e. The average molecular weight is 342 g/mol. The third-order valence-corrected chi connectivity index (χ3v) is 3.70. The highest BCUT2D eigenvalue weighted by Crippen LogP contribution is 2.35. The summed E-state index contributed by atoms with van der Waals surface area (Å²) in [6.07, 6.45) is 0.134. The Labute approximate surface area is 141 Å². The number of carbonyl (C=O) groups excluding carboxylic acids is 1. The Bertz CT molecular complexity index is 909. The number of nitro groups is 1. The lowest BCUT2D eigenvalue weighted by Gasteiger charge is -2.24. The van der Waals surface area contributed by atoms with Crippen LogP contribution in [0.3, 0.4) is 0 Å². The molecule has 0 atom stereocenters. The van der Waals surface area contributed by atoms with Gasteiger partial charge in [-0.25, -0.2) is 4.63 Å². The van der Waals surface area contributed by atoms with Crippen LogP contribution in [-0.4, -0.2) is 34.9 Å². The number of ether oxygens (including phenoxy) is 1. The van der Waals surface area contributed by atoms with E-state index in [1.807, 2.05) is 35.2 Å². The van der Waals surface area contributed by atoms with Gasteiger partial charge in [0, 0.05) is 18.3 Å². The molecule has 9 nitrogen and oxygen atoms in total. The summed E-state index contributed by atoms with van der Waals surface area (Å²) in [5.74, 6) is -0.364. The molecule has 0 aliphatic rings. The van der Waals surface area contributed by atoms with Gasteiger partial charge in [0.15, 0.2) is 5.52 Å². The van der Waals surface area contributed by atoms with Crippen molar-refractivity contribution >= 4 is 34.1 Å². The molecule has 2 aromatic carbocycles. The number of fused-ring (bicyclic) bond motifs is 1. The number of nitrogens with zero attached hydrogens (tertiary/aromatic N) is 4. The van der Waals surface area contributed by atoms with Gasteiger partial charge in [-0.1, -0.05) is 18.2 Å². The summed E-state index contributed by atoms with van der Waals surface area (Å²) in [6, 6.07) is 12.2. The number of anilines is 2. The first-order valence-electron chi connectivity index (χ1n) is 7.41. The van der Waals surface area contributed by atoms with Gasteiger partial charge in [0.1, 0.15) is 0 Å². The molecule has 1 aromatic heterocycles. The van der Waals surface area contributed by atoms with Crippen molar-refractivity contribution in [3.8, 4) is 0 Å². The molecule has 0 amide bonds. The molecule has 0 unspecified atom stereocenters. The number of rotatable bonds is 6. The fraction of sp³-hybridized carbons (Fsp3) is 0.188. The zero-order chi connectivity index (χ0) is 17.8. The van der Waals surface area contributed by atoms with Crippen LogP contribution in [0.25, 0.3) is 11.0 Å². The second kappa shape index (κ2) is 6.95. The summed E-state index contributed by atoms with van der Waals surface area (Å²) in [5, 5.41) is 18.6. The Morgan fingerprint density at radius 1 is 1.20 bits per heavy atom. The molecule has 3 rings (SSSR count). The van der Waals surface area contributed by atoms with Crippen molar-refractivity contribution in [1.29, 1.82) is 0 Å². The molecule has 0 aliphatic heterocycles. The zero-order valence-corrected chi connectivity index (χ0v) is 13.3. The lowest BCUT2D eigenvalue weighted by Crippen LogP contribution is -2.21. The van der Waals surface area contributed by atoms with Gasteiger partial charge in [-0.3, -0.25) is 14.9 Å². The predicted molar refractivity (Wildman–Crippen MR) is 88.5 cm³/mol. The second-order valence-electron chi connectivity index (χ2n) is 5.14. The van der Waals surface area contributed by atoms with Gasteiger partial charge in [0.2, 0.25) is 5.52 Å². The maximum atomic E-state index is 11.6. The highest BCUT2D eigenvalue weighted by Gasteiger charge is 2.23. The normalized spacial score (nSPS) is 10.6. The fourth-order valence-corrected chi connectivity index (χ4v) is 2.51. The largest absolute Gasteiger partial charge is 0.469 e. The van der Waals surface area contributed by atoms with Crippen molar-refractivity contribution in [3.05, 3.63) is 52.6 Å². The van der Waals surface area contributed by atoms with Crippen LogP contribution in [0.15, 0.2) is 47.1 Å². The van der Waals surface area contributed by atoms with Crippen LogP contribution in [0.4, 0.5) is 17.1 Å². The first-order chi connectivity index (χ1) is 12.1. The van der Waals surface area contributed by atoms with Crippen molar-refractivity contribution < 1.29 is 19.1 Å². The molecule has 0 saturated heterocycles. The molecule has 3 aromatic rings. The maximum Gasteiger partial charge on any atom is 0.307 e. The van der Waals surface area contributed by atoms with E-state index in [-0.39, 0.29) is 29.1 Å². The van der Waals surface area contributed by atoms with Crippen molar-refractivity contribution in [1.82, 2.24) is 10.3 Å². The number of methoxy groups -OCH3 is 1. The highest BCUT2D eigenvalue weighted by molar-refractivity contribution is 5.95. The Morgan fingerprint density at radius 3 is 2.60 bits per heavy atom. The Kier molecular flexibility index (Phi) is 4.55. The van der Waals surface area contributed by atoms with E-state index in [0.717, 1.165) is 5.69 Å². The molecule has 128 valence electrons. The SMILES string of the molecule is COC(=O)CCN(c1ccccc1)c1ccc([N+](=O)[O-])c2nonc12. The Hall–Kier alpha value is -3.49. The number of hydrogen-bond donors (Lipinski definition) is 0.